The van der Waals surface area contributed by atoms with Gasteiger partial charge >= 0.3 is 0 Å². The maximum atomic E-state index is 12.1. The van der Waals surface area contributed by atoms with Crippen LogP contribution >= 0.6 is 34.5 Å². The van der Waals surface area contributed by atoms with Gasteiger partial charge in [0.15, 0.2) is 0 Å². The number of rotatable bonds is 4. The van der Waals surface area contributed by atoms with Gasteiger partial charge in [-0.15, -0.1) is 11.3 Å². The Kier molecular flexibility index (Phi) is 4.76. The molecule has 0 saturated heterocycles. The monoisotopic (exact) mass is 357 g/mol. The molecule has 0 radical (unpaired) electrons. The maximum absolute atomic E-state index is 12.1. The fourth-order valence-electron chi connectivity index (χ4n) is 2.65. The van der Waals surface area contributed by atoms with Gasteiger partial charge in [-0.05, 0) is 31.7 Å². The number of aryl methyl sites for hydroxylation is 2. The number of amides is 1. The van der Waals surface area contributed by atoms with E-state index in [-0.39, 0.29) is 5.91 Å². The molecule has 7 heteroatoms. The van der Waals surface area contributed by atoms with Crippen molar-refractivity contribution < 1.29 is 4.79 Å². The Morgan fingerprint density at radius 3 is 2.86 bits per heavy atom. The Hall–Kier alpha value is -1.04. The third-order valence-corrected chi connectivity index (χ3v) is 5.92. The molecule has 2 aromatic heterocycles. The number of hydrogen-bond acceptors (Lipinski definition) is 3. The number of nitrogens with one attached hydrogen (secondary N) is 1. The predicted octanol–water partition coefficient (Wildman–Crippen LogP) is 3.64. The van der Waals surface area contributed by atoms with Crippen LogP contribution in [0.5, 0.6) is 0 Å². The third-order valence-electron chi connectivity index (χ3n) is 3.86. The van der Waals surface area contributed by atoms with Crippen molar-refractivity contribution in [3.63, 3.8) is 0 Å². The second-order valence-electron chi connectivity index (χ2n) is 5.42. The molecule has 1 amide bonds. The molecule has 0 bridgehead atoms. The molecule has 0 atom stereocenters. The highest BCUT2D eigenvalue weighted by Crippen LogP contribution is 2.27. The smallest absolute Gasteiger partial charge is 0.268 e. The zero-order valence-electron chi connectivity index (χ0n) is 12.3. The first-order valence-electron chi connectivity index (χ1n) is 7.32. The van der Waals surface area contributed by atoms with Crippen LogP contribution in [0.3, 0.4) is 0 Å². The van der Waals surface area contributed by atoms with Crippen molar-refractivity contribution in [1.29, 1.82) is 0 Å². The summed E-state index contributed by atoms with van der Waals surface area (Å²) in [6.07, 6.45) is 5.51. The molecular formula is C15H17Cl2N3OS. The lowest BCUT2D eigenvalue weighted by Gasteiger charge is -2.06. The van der Waals surface area contributed by atoms with E-state index in [0.29, 0.717) is 22.4 Å². The van der Waals surface area contributed by atoms with Gasteiger partial charge in [0.25, 0.3) is 5.91 Å². The van der Waals surface area contributed by atoms with E-state index in [0.717, 1.165) is 24.3 Å². The van der Waals surface area contributed by atoms with Crippen molar-refractivity contribution in [1.82, 2.24) is 14.9 Å². The number of thiazole rings is 1. The number of fused-ring (bicyclic) bond motifs is 1. The molecule has 1 N–H and O–H groups in total. The summed E-state index contributed by atoms with van der Waals surface area (Å²) in [6, 6.07) is 1.58. The normalized spacial score (nSPS) is 14.0. The van der Waals surface area contributed by atoms with Crippen LogP contribution in [-0.2, 0) is 26.3 Å². The summed E-state index contributed by atoms with van der Waals surface area (Å²) in [5.41, 5.74) is 1.73. The molecule has 4 nitrogen and oxygen atoms in total. The Balaban J connectivity index is 1.57. The number of halogens is 2. The number of carbonyl (C=O) groups is 1. The molecule has 2 aromatic rings. The fraction of sp³-hybridized carbons (Fsp3) is 0.467. The summed E-state index contributed by atoms with van der Waals surface area (Å²) >= 11 is 13.7. The summed E-state index contributed by atoms with van der Waals surface area (Å²) in [6.45, 7) is 0.561. The quantitative estimate of drug-likeness (QED) is 0.907. The second-order valence-corrected chi connectivity index (χ2v) is 7.35. The standard InChI is InChI=1S/C15H17Cl2N3OS/c1-20-11(8-9(16)14(20)17)15(21)18-7-6-13-19-10-4-2-3-5-12(10)22-13/h8H,2-7H2,1H3,(H,18,21). The summed E-state index contributed by atoms with van der Waals surface area (Å²) in [7, 11) is 1.72. The van der Waals surface area contributed by atoms with Crippen molar-refractivity contribution in [2.75, 3.05) is 6.54 Å². The topological polar surface area (TPSA) is 46.9 Å². The van der Waals surface area contributed by atoms with E-state index >= 15 is 0 Å². The van der Waals surface area contributed by atoms with Gasteiger partial charge < -0.3 is 9.88 Å². The number of hydrogen-bond donors (Lipinski definition) is 1. The van der Waals surface area contributed by atoms with Gasteiger partial charge in [-0.25, -0.2) is 4.98 Å². The Labute approximate surface area is 143 Å². The van der Waals surface area contributed by atoms with E-state index in [1.165, 1.54) is 23.4 Å². The van der Waals surface area contributed by atoms with E-state index in [1.54, 1.807) is 29.0 Å². The first-order valence-corrected chi connectivity index (χ1v) is 8.90. The molecule has 0 unspecified atom stereocenters. The van der Waals surface area contributed by atoms with E-state index in [1.807, 2.05) is 0 Å². The van der Waals surface area contributed by atoms with Crippen molar-refractivity contribution >= 4 is 40.4 Å². The minimum absolute atomic E-state index is 0.169. The van der Waals surface area contributed by atoms with E-state index in [4.69, 9.17) is 23.2 Å². The molecular weight excluding hydrogens is 341 g/mol. The van der Waals surface area contributed by atoms with Crippen LogP contribution in [0.4, 0.5) is 0 Å². The lowest BCUT2D eigenvalue weighted by Crippen LogP contribution is -2.27. The van der Waals surface area contributed by atoms with E-state index in [9.17, 15) is 4.79 Å². The highest BCUT2D eigenvalue weighted by atomic mass is 35.5. The number of nitrogens with zero attached hydrogens (tertiary/aromatic N) is 2. The summed E-state index contributed by atoms with van der Waals surface area (Å²) < 4.78 is 1.58. The van der Waals surface area contributed by atoms with Crippen molar-refractivity contribution in [2.24, 2.45) is 7.05 Å². The van der Waals surface area contributed by atoms with Gasteiger partial charge in [0.1, 0.15) is 10.8 Å². The van der Waals surface area contributed by atoms with E-state index in [2.05, 4.69) is 10.3 Å². The summed E-state index contributed by atoms with van der Waals surface area (Å²) in [5, 5.41) is 4.77. The van der Waals surface area contributed by atoms with Gasteiger partial charge in [0.05, 0.1) is 15.7 Å². The molecule has 1 aliphatic rings. The van der Waals surface area contributed by atoms with Crippen LogP contribution < -0.4 is 5.32 Å². The Bertz CT molecular complexity index is 684. The zero-order chi connectivity index (χ0) is 15.7. The minimum Gasteiger partial charge on any atom is -0.350 e. The van der Waals surface area contributed by atoms with Gasteiger partial charge in [-0.3, -0.25) is 4.79 Å². The number of carbonyl (C=O) groups excluding carboxylic acids is 1. The minimum atomic E-state index is -0.169. The van der Waals surface area contributed by atoms with Crippen LogP contribution in [0.1, 0.15) is 38.9 Å². The highest BCUT2D eigenvalue weighted by molar-refractivity contribution is 7.11. The summed E-state index contributed by atoms with van der Waals surface area (Å²) in [5.74, 6) is -0.169. The Morgan fingerprint density at radius 1 is 1.41 bits per heavy atom. The molecule has 3 rings (SSSR count). The van der Waals surface area contributed by atoms with Crippen LogP contribution in [0, 0.1) is 0 Å². The van der Waals surface area contributed by atoms with Crippen LogP contribution in [0.15, 0.2) is 6.07 Å². The fourth-order valence-corrected chi connectivity index (χ4v) is 4.18. The molecule has 22 heavy (non-hydrogen) atoms. The first kappa shape index (κ1) is 15.8. The molecule has 0 spiro atoms. The average molecular weight is 358 g/mol. The highest BCUT2D eigenvalue weighted by Gasteiger charge is 2.17. The lowest BCUT2D eigenvalue weighted by atomic mass is 10.0. The van der Waals surface area contributed by atoms with Crippen LogP contribution in [-0.4, -0.2) is 22.0 Å². The molecule has 0 aliphatic heterocycles. The van der Waals surface area contributed by atoms with Gasteiger partial charge in [-0.1, -0.05) is 23.2 Å². The predicted molar refractivity (Wildman–Crippen MR) is 90.2 cm³/mol. The van der Waals surface area contributed by atoms with Crippen LogP contribution in [0.2, 0.25) is 10.2 Å². The van der Waals surface area contributed by atoms with E-state index < -0.39 is 0 Å². The zero-order valence-corrected chi connectivity index (χ0v) is 14.6. The van der Waals surface area contributed by atoms with Crippen LogP contribution in [0.25, 0.3) is 0 Å². The molecule has 118 valence electrons. The van der Waals surface area contributed by atoms with Crippen molar-refractivity contribution in [2.45, 2.75) is 32.1 Å². The summed E-state index contributed by atoms with van der Waals surface area (Å²) in [4.78, 5) is 18.3. The van der Waals surface area contributed by atoms with Crippen molar-refractivity contribution in [3.05, 3.63) is 37.5 Å². The average Bonchev–Trinajstić information content (AvgIpc) is 3.03. The van der Waals surface area contributed by atoms with Gasteiger partial charge in [-0.2, -0.15) is 0 Å². The molecule has 1 aliphatic carbocycles. The Morgan fingerprint density at radius 2 is 2.18 bits per heavy atom. The first-order chi connectivity index (χ1) is 10.6. The largest absolute Gasteiger partial charge is 0.350 e. The molecule has 0 aromatic carbocycles. The third kappa shape index (κ3) is 3.16. The van der Waals surface area contributed by atoms with Gasteiger partial charge in [0, 0.05) is 24.9 Å². The maximum Gasteiger partial charge on any atom is 0.268 e. The number of aromatic nitrogens is 2. The SMILES string of the molecule is Cn1c(C(=O)NCCc2nc3c(s2)CCCC3)cc(Cl)c1Cl. The molecule has 0 fully saturated rings. The second kappa shape index (κ2) is 6.60. The van der Waals surface area contributed by atoms with Gasteiger partial charge in [0.2, 0.25) is 0 Å². The molecule has 2 heterocycles. The molecule has 0 saturated carbocycles. The lowest BCUT2D eigenvalue weighted by molar-refractivity contribution is 0.0946. The van der Waals surface area contributed by atoms with Crippen molar-refractivity contribution in [3.8, 4) is 0 Å².